The Labute approximate surface area is 151 Å². The van der Waals surface area contributed by atoms with Gasteiger partial charge in [-0.2, -0.15) is 0 Å². The van der Waals surface area contributed by atoms with Gasteiger partial charge in [-0.15, -0.1) is 0 Å². The van der Waals surface area contributed by atoms with Crippen molar-refractivity contribution in [3.63, 3.8) is 0 Å². The van der Waals surface area contributed by atoms with E-state index in [9.17, 15) is 4.79 Å². The van der Waals surface area contributed by atoms with Crippen molar-refractivity contribution in [2.45, 2.75) is 25.2 Å². The van der Waals surface area contributed by atoms with Crippen molar-refractivity contribution in [1.82, 2.24) is 15.1 Å². The summed E-state index contributed by atoms with van der Waals surface area (Å²) in [6.45, 7) is 7.02. The number of ether oxygens (including phenoxy) is 1. The topological polar surface area (TPSA) is 44.8 Å². The van der Waals surface area contributed by atoms with Gasteiger partial charge in [-0.05, 0) is 30.4 Å². The van der Waals surface area contributed by atoms with Gasteiger partial charge in [-0.1, -0.05) is 24.3 Å². The second-order valence-electron chi connectivity index (χ2n) is 7.20. The summed E-state index contributed by atoms with van der Waals surface area (Å²) in [6, 6.07) is 8.69. The van der Waals surface area contributed by atoms with Crippen LogP contribution in [0.1, 0.15) is 29.9 Å². The smallest absolute Gasteiger partial charge is 0.234 e. The molecule has 1 heterocycles. The second kappa shape index (κ2) is 9.32. The number of carbonyl (C=O) groups is 1. The minimum atomic E-state index is 0.161. The molecule has 3 rings (SSSR count). The third-order valence-electron chi connectivity index (χ3n) is 5.48. The molecule has 1 aromatic rings. The van der Waals surface area contributed by atoms with Crippen LogP contribution in [0.3, 0.4) is 0 Å². The first-order valence-electron chi connectivity index (χ1n) is 9.54. The van der Waals surface area contributed by atoms with Gasteiger partial charge < -0.3 is 10.1 Å². The Balaban J connectivity index is 1.39. The molecular formula is C20H31N3O2. The lowest BCUT2D eigenvalue weighted by Gasteiger charge is -2.34. The lowest BCUT2D eigenvalue weighted by molar-refractivity contribution is -0.122. The van der Waals surface area contributed by atoms with E-state index in [4.69, 9.17) is 4.74 Å². The number of hydrogen-bond donors (Lipinski definition) is 1. The van der Waals surface area contributed by atoms with Gasteiger partial charge in [-0.3, -0.25) is 14.6 Å². The minimum Gasteiger partial charge on any atom is -0.383 e. The van der Waals surface area contributed by atoms with E-state index >= 15 is 0 Å². The molecule has 0 spiro atoms. The Morgan fingerprint density at radius 1 is 1.20 bits per heavy atom. The molecule has 1 amide bonds. The van der Waals surface area contributed by atoms with E-state index in [1.165, 1.54) is 30.4 Å². The standard InChI is InChI=1S/C20H31N3O2/c1-25-14-13-22-9-11-23(12-10-22)16-20(24)21-15-18-7-4-6-17-5-2-3-8-19(17)18/h2-3,5,8,18H,4,6-7,9-16H2,1H3,(H,21,24)/t18-/m1/s1. The van der Waals surface area contributed by atoms with Crippen LogP contribution in [-0.4, -0.2) is 75.2 Å². The number of fused-ring (bicyclic) bond motifs is 1. The predicted molar refractivity (Wildman–Crippen MR) is 99.9 cm³/mol. The first-order chi connectivity index (χ1) is 12.3. The Morgan fingerprint density at radius 2 is 1.96 bits per heavy atom. The van der Waals surface area contributed by atoms with E-state index in [0.717, 1.165) is 45.9 Å². The minimum absolute atomic E-state index is 0.161. The molecule has 5 nitrogen and oxygen atoms in total. The molecule has 1 atom stereocenters. The maximum atomic E-state index is 12.3. The van der Waals surface area contributed by atoms with E-state index in [1.807, 2.05) is 0 Å². The Bertz CT molecular complexity index is 556. The van der Waals surface area contributed by atoms with Crippen LogP contribution in [0.25, 0.3) is 0 Å². The fraction of sp³-hybridized carbons (Fsp3) is 0.650. The summed E-state index contributed by atoms with van der Waals surface area (Å²) in [4.78, 5) is 17.0. The highest BCUT2D eigenvalue weighted by Gasteiger charge is 2.22. The zero-order valence-corrected chi connectivity index (χ0v) is 15.4. The van der Waals surface area contributed by atoms with Gasteiger partial charge in [0.05, 0.1) is 13.2 Å². The first-order valence-corrected chi connectivity index (χ1v) is 9.54. The van der Waals surface area contributed by atoms with Crippen LogP contribution in [-0.2, 0) is 16.0 Å². The van der Waals surface area contributed by atoms with Crippen LogP contribution in [0.4, 0.5) is 0 Å². The molecule has 1 saturated heterocycles. The molecule has 5 heteroatoms. The molecule has 0 saturated carbocycles. The van der Waals surface area contributed by atoms with Crippen LogP contribution in [0.2, 0.25) is 0 Å². The highest BCUT2D eigenvalue weighted by Crippen LogP contribution is 2.30. The number of amides is 1. The highest BCUT2D eigenvalue weighted by molar-refractivity contribution is 5.78. The van der Waals surface area contributed by atoms with Crippen molar-refractivity contribution in [2.75, 3.05) is 59.5 Å². The van der Waals surface area contributed by atoms with Crippen molar-refractivity contribution >= 4 is 5.91 Å². The average Bonchev–Trinajstić information content (AvgIpc) is 2.66. The third-order valence-corrected chi connectivity index (χ3v) is 5.48. The molecule has 1 aliphatic carbocycles. The quantitative estimate of drug-likeness (QED) is 0.813. The molecular weight excluding hydrogens is 314 g/mol. The molecule has 1 aromatic carbocycles. The van der Waals surface area contributed by atoms with Gasteiger partial charge in [0.2, 0.25) is 5.91 Å². The van der Waals surface area contributed by atoms with Crippen LogP contribution >= 0.6 is 0 Å². The summed E-state index contributed by atoms with van der Waals surface area (Å²) >= 11 is 0. The molecule has 0 unspecified atom stereocenters. The molecule has 2 aliphatic rings. The number of benzene rings is 1. The summed E-state index contributed by atoms with van der Waals surface area (Å²) in [5.41, 5.74) is 2.89. The van der Waals surface area contributed by atoms with Gasteiger partial charge in [0, 0.05) is 52.3 Å². The van der Waals surface area contributed by atoms with E-state index in [-0.39, 0.29) is 5.91 Å². The zero-order chi connectivity index (χ0) is 17.5. The Hall–Kier alpha value is -1.43. The summed E-state index contributed by atoms with van der Waals surface area (Å²) < 4.78 is 5.13. The second-order valence-corrected chi connectivity index (χ2v) is 7.20. The molecule has 138 valence electrons. The maximum absolute atomic E-state index is 12.3. The fourth-order valence-corrected chi connectivity index (χ4v) is 3.95. The van der Waals surface area contributed by atoms with Crippen molar-refractivity contribution < 1.29 is 9.53 Å². The van der Waals surface area contributed by atoms with Crippen LogP contribution in [0.15, 0.2) is 24.3 Å². The molecule has 1 N–H and O–H groups in total. The maximum Gasteiger partial charge on any atom is 0.234 e. The van der Waals surface area contributed by atoms with Crippen LogP contribution in [0, 0.1) is 0 Å². The predicted octanol–water partition coefficient (Wildman–Crippen LogP) is 1.49. The number of carbonyl (C=O) groups excluding carboxylic acids is 1. The molecule has 0 aromatic heterocycles. The van der Waals surface area contributed by atoms with Crippen molar-refractivity contribution in [3.05, 3.63) is 35.4 Å². The third kappa shape index (κ3) is 5.27. The number of hydrogen-bond acceptors (Lipinski definition) is 4. The van der Waals surface area contributed by atoms with Crippen LogP contribution < -0.4 is 5.32 Å². The molecule has 25 heavy (non-hydrogen) atoms. The van der Waals surface area contributed by atoms with E-state index in [1.54, 1.807) is 7.11 Å². The highest BCUT2D eigenvalue weighted by atomic mass is 16.5. The van der Waals surface area contributed by atoms with Gasteiger partial charge in [0.15, 0.2) is 0 Å². The van der Waals surface area contributed by atoms with Crippen molar-refractivity contribution in [2.24, 2.45) is 0 Å². The van der Waals surface area contributed by atoms with Crippen LogP contribution in [0.5, 0.6) is 0 Å². The molecule has 1 fully saturated rings. The number of aryl methyl sites for hydroxylation is 1. The van der Waals surface area contributed by atoms with Gasteiger partial charge >= 0.3 is 0 Å². The summed E-state index contributed by atoms with van der Waals surface area (Å²) in [5, 5.41) is 3.17. The Morgan fingerprint density at radius 3 is 2.76 bits per heavy atom. The van der Waals surface area contributed by atoms with Crippen molar-refractivity contribution in [1.29, 1.82) is 0 Å². The summed E-state index contributed by atoms with van der Waals surface area (Å²) in [5.74, 6) is 0.633. The average molecular weight is 345 g/mol. The fourth-order valence-electron chi connectivity index (χ4n) is 3.95. The van der Waals surface area contributed by atoms with Gasteiger partial charge in [-0.25, -0.2) is 0 Å². The van der Waals surface area contributed by atoms with E-state index < -0.39 is 0 Å². The van der Waals surface area contributed by atoms with E-state index in [2.05, 4.69) is 39.4 Å². The van der Waals surface area contributed by atoms with Crippen molar-refractivity contribution in [3.8, 4) is 0 Å². The zero-order valence-electron chi connectivity index (χ0n) is 15.4. The van der Waals surface area contributed by atoms with Gasteiger partial charge in [0.1, 0.15) is 0 Å². The SMILES string of the molecule is COCCN1CCN(CC(=O)NC[C@H]2CCCc3ccccc32)CC1. The summed E-state index contributed by atoms with van der Waals surface area (Å²) in [6.07, 6.45) is 3.57. The van der Waals surface area contributed by atoms with E-state index in [0.29, 0.717) is 12.5 Å². The molecule has 0 radical (unpaired) electrons. The number of nitrogens with one attached hydrogen (secondary N) is 1. The molecule has 1 aliphatic heterocycles. The normalized spacial score (nSPS) is 21.7. The number of nitrogens with zero attached hydrogens (tertiary/aromatic N) is 2. The lowest BCUT2D eigenvalue weighted by atomic mass is 9.83. The van der Waals surface area contributed by atoms with Gasteiger partial charge in [0.25, 0.3) is 0 Å². The lowest BCUT2D eigenvalue weighted by Crippen LogP contribution is -2.50. The number of methoxy groups -OCH3 is 1. The summed E-state index contributed by atoms with van der Waals surface area (Å²) in [7, 11) is 1.74. The first kappa shape index (κ1) is 18.4. The number of piperazine rings is 1. The monoisotopic (exact) mass is 345 g/mol. The Kier molecular flexibility index (Phi) is 6.84. The molecule has 0 bridgehead atoms. The number of rotatable bonds is 7. The largest absolute Gasteiger partial charge is 0.383 e.